The summed E-state index contributed by atoms with van der Waals surface area (Å²) in [5.41, 5.74) is 7.47. The molecule has 3 rings (SSSR count). The number of benzene rings is 1. The van der Waals surface area contributed by atoms with E-state index in [-0.39, 0.29) is 0 Å². The van der Waals surface area contributed by atoms with E-state index in [2.05, 4.69) is 12.1 Å². The van der Waals surface area contributed by atoms with Gasteiger partial charge in [0.1, 0.15) is 0 Å². The van der Waals surface area contributed by atoms with Crippen molar-refractivity contribution in [2.24, 2.45) is 11.7 Å². The van der Waals surface area contributed by atoms with Gasteiger partial charge in [0.15, 0.2) is 11.5 Å². The van der Waals surface area contributed by atoms with Crippen LogP contribution >= 0.6 is 0 Å². The standard InChI is InChI=1S/C16H23NO2/c17-14-4-1-3-13(14)7-5-12-6-8-15-16(11-12)19-10-2-9-18-15/h6,8,11,13-14H,1-5,7,9-10,17H2. The number of hydrogen-bond acceptors (Lipinski definition) is 3. The summed E-state index contributed by atoms with van der Waals surface area (Å²) in [4.78, 5) is 0. The van der Waals surface area contributed by atoms with Crippen LogP contribution in [0.2, 0.25) is 0 Å². The van der Waals surface area contributed by atoms with Crippen LogP contribution in [-0.4, -0.2) is 19.3 Å². The predicted octanol–water partition coefficient (Wildman–Crippen LogP) is 2.91. The quantitative estimate of drug-likeness (QED) is 0.910. The summed E-state index contributed by atoms with van der Waals surface area (Å²) in [6, 6.07) is 6.76. The Morgan fingerprint density at radius 1 is 1.05 bits per heavy atom. The van der Waals surface area contributed by atoms with E-state index in [4.69, 9.17) is 15.2 Å². The van der Waals surface area contributed by atoms with Gasteiger partial charge in [0, 0.05) is 12.5 Å². The van der Waals surface area contributed by atoms with Gasteiger partial charge in [-0.1, -0.05) is 12.5 Å². The van der Waals surface area contributed by atoms with Crippen molar-refractivity contribution in [1.29, 1.82) is 0 Å². The predicted molar refractivity (Wildman–Crippen MR) is 75.7 cm³/mol. The maximum absolute atomic E-state index is 6.13. The maximum atomic E-state index is 6.13. The third-order valence-corrected chi connectivity index (χ3v) is 4.33. The first-order chi connectivity index (χ1) is 9.33. The van der Waals surface area contributed by atoms with Crippen molar-refractivity contribution in [3.05, 3.63) is 23.8 Å². The summed E-state index contributed by atoms with van der Waals surface area (Å²) in [6.07, 6.45) is 7.04. The number of aryl methyl sites for hydroxylation is 1. The van der Waals surface area contributed by atoms with Gasteiger partial charge in [-0.2, -0.15) is 0 Å². The van der Waals surface area contributed by atoms with Crippen LogP contribution in [0, 0.1) is 5.92 Å². The Morgan fingerprint density at radius 3 is 2.68 bits per heavy atom. The van der Waals surface area contributed by atoms with Crippen LogP contribution in [0.4, 0.5) is 0 Å². The molecule has 104 valence electrons. The molecule has 1 aliphatic heterocycles. The number of fused-ring (bicyclic) bond motifs is 1. The van der Waals surface area contributed by atoms with E-state index in [9.17, 15) is 0 Å². The molecular formula is C16H23NO2. The number of hydrogen-bond donors (Lipinski definition) is 1. The van der Waals surface area contributed by atoms with Gasteiger partial charge in [0.25, 0.3) is 0 Å². The lowest BCUT2D eigenvalue weighted by atomic mass is 9.95. The van der Waals surface area contributed by atoms with Crippen LogP contribution in [0.1, 0.15) is 37.7 Å². The van der Waals surface area contributed by atoms with Gasteiger partial charge in [-0.05, 0) is 49.3 Å². The Morgan fingerprint density at radius 2 is 1.89 bits per heavy atom. The fourth-order valence-corrected chi connectivity index (χ4v) is 3.14. The van der Waals surface area contributed by atoms with Crippen molar-refractivity contribution >= 4 is 0 Å². The summed E-state index contributed by atoms with van der Waals surface area (Å²) in [5, 5.41) is 0. The van der Waals surface area contributed by atoms with E-state index in [1.165, 1.54) is 31.2 Å². The molecule has 0 amide bonds. The lowest BCUT2D eigenvalue weighted by Crippen LogP contribution is -2.24. The highest BCUT2D eigenvalue weighted by atomic mass is 16.5. The molecule has 1 aromatic rings. The molecule has 3 nitrogen and oxygen atoms in total. The molecule has 1 fully saturated rings. The van der Waals surface area contributed by atoms with Crippen LogP contribution in [0.5, 0.6) is 11.5 Å². The zero-order chi connectivity index (χ0) is 13.1. The zero-order valence-corrected chi connectivity index (χ0v) is 11.4. The summed E-state index contributed by atoms with van der Waals surface area (Å²) >= 11 is 0. The molecule has 2 N–H and O–H groups in total. The molecular weight excluding hydrogens is 238 g/mol. The summed E-state index contributed by atoms with van der Waals surface area (Å²) < 4.78 is 11.4. The molecule has 0 spiro atoms. The average Bonchev–Trinajstić information content (AvgIpc) is 2.70. The van der Waals surface area contributed by atoms with Crippen LogP contribution in [0.25, 0.3) is 0 Å². The monoisotopic (exact) mass is 261 g/mol. The van der Waals surface area contributed by atoms with Crippen molar-refractivity contribution in [2.45, 2.75) is 44.6 Å². The molecule has 0 radical (unpaired) electrons. The topological polar surface area (TPSA) is 44.5 Å². The number of ether oxygens (including phenoxy) is 2. The molecule has 1 heterocycles. The summed E-state index contributed by atoms with van der Waals surface area (Å²) in [7, 11) is 0. The highest BCUT2D eigenvalue weighted by Gasteiger charge is 2.23. The second-order valence-electron chi connectivity index (χ2n) is 5.73. The smallest absolute Gasteiger partial charge is 0.161 e. The summed E-state index contributed by atoms with van der Waals surface area (Å²) in [6.45, 7) is 1.51. The number of rotatable bonds is 3. The molecule has 1 aliphatic carbocycles. The van der Waals surface area contributed by atoms with Gasteiger partial charge in [-0.25, -0.2) is 0 Å². The molecule has 1 saturated carbocycles. The lowest BCUT2D eigenvalue weighted by Gasteiger charge is -2.15. The van der Waals surface area contributed by atoms with Gasteiger partial charge < -0.3 is 15.2 Å². The van der Waals surface area contributed by atoms with Crippen molar-refractivity contribution in [3.8, 4) is 11.5 Å². The van der Waals surface area contributed by atoms with Crippen LogP contribution in [-0.2, 0) is 6.42 Å². The van der Waals surface area contributed by atoms with Gasteiger partial charge in [0.05, 0.1) is 13.2 Å². The van der Waals surface area contributed by atoms with Crippen LogP contribution < -0.4 is 15.2 Å². The van der Waals surface area contributed by atoms with Crippen molar-refractivity contribution in [1.82, 2.24) is 0 Å². The van der Waals surface area contributed by atoms with Gasteiger partial charge in [-0.15, -0.1) is 0 Å². The largest absolute Gasteiger partial charge is 0.490 e. The molecule has 1 aromatic carbocycles. The van der Waals surface area contributed by atoms with Crippen molar-refractivity contribution in [2.75, 3.05) is 13.2 Å². The Balaban J connectivity index is 1.63. The molecule has 0 saturated heterocycles. The van der Waals surface area contributed by atoms with Gasteiger partial charge in [-0.3, -0.25) is 0 Å². The van der Waals surface area contributed by atoms with E-state index < -0.39 is 0 Å². The lowest BCUT2D eigenvalue weighted by molar-refractivity contribution is 0.297. The number of nitrogens with two attached hydrogens (primary N) is 1. The Bertz CT molecular complexity index is 433. The van der Waals surface area contributed by atoms with Crippen LogP contribution in [0.3, 0.4) is 0 Å². The van der Waals surface area contributed by atoms with E-state index >= 15 is 0 Å². The van der Waals surface area contributed by atoms with Crippen molar-refractivity contribution in [3.63, 3.8) is 0 Å². The minimum atomic E-state index is 0.417. The second-order valence-corrected chi connectivity index (χ2v) is 5.73. The van der Waals surface area contributed by atoms with E-state index in [0.29, 0.717) is 12.0 Å². The Hall–Kier alpha value is -1.22. The fraction of sp³-hybridized carbons (Fsp3) is 0.625. The van der Waals surface area contributed by atoms with Gasteiger partial charge in [0.2, 0.25) is 0 Å². The summed E-state index contributed by atoms with van der Waals surface area (Å²) in [5.74, 6) is 2.50. The molecule has 0 aromatic heterocycles. The SMILES string of the molecule is NC1CCCC1CCc1ccc2c(c1)OCCCO2. The highest BCUT2D eigenvalue weighted by Crippen LogP contribution is 2.32. The van der Waals surface area contributed by atoms with E-state index in [1.807, 2.05) is 6.07 Å². The minimum Gasteiger partial charge on any atom is -0.490 e. The van der Waals surface area contributed by atoms with Gasteiger partial charge >= 0.3 is 0 Å². The van der Waals surface area contributed by atoms with E-state index in [0.717, 1.165) is 37.6 Å². The molecule has 2 unspecified atom stereocenters. The average molecular weight is 261 g/mol. The minimum absolute atomic E-state index is 0.417. The van der Waals surface area contributed by atoms with Crippen LogP contribution in [0.15, 0.2) is 18.2 Å². The first-order valence-electron chi connectivity index (χ1n) is 7.47. The Labute approximate surface area is 115 Å². The first kappa shape index (κ1) is 12.8. The molecule has 2 atom stereocenters. The Kier molecular flexibility index (Phi) is 3.92. The maximum Gasteiger partial charge on any atom is 0.161 e. The molecule has 3 heteroatoms. The normalized spacial score (nSPS) is 26.2. The first-order valence-corrected chi connectivity index (χ1v) is 7.47. The van der Waals surface area contributed by atoms with Crippen molar-refractivity contribution < 1.29 is 9.47 Å². The zero-order valence-electron chi connectivity index (χ0n) is 11.4. The highest BCUT2D eigenvalue weighted by molar-refractivity contribution is 5.43. The molecule has 0 bridgehead atoms. The molecule has 2 aliphatic rings. The fourth-order valence-electron chi connectivity index (χ4n) is 3.14. The third kappa shape index (κ3) is 3.03. The molecule has 19 heavy (non-hydrogen) atoms. The third-order valence-electron chi connectivity index (χ3n) is 4.33. The second kappa shape index (κ2) is 5.83. The van der Waals surface area contributed by atoms with E-state index in [1.54, 1.807) is 0 Å².